The van der Waals surface area contributed by atoms with E-state index in [4.69, 9.17) is 0 Å². The molecule has 0 bridgehead atoms. The lowest BCUT2D eigenvalue weighted by Crippen LogP contribution is -2.44. The van der Waals surface area contributed by atoms with Gasteiger partial charge < -0.3 is 4.98 Å². The fourth-order valence-corrected chi connectivity index (χ4v) is 4.17. The van der Waals surface area contributed by atoms with Crippen LogP contribution in [-0.2, 0) is 21.4 Å². The van der Waals surface area contributed by atoms with Gasteiger partial charge in [-0.05, 0) is 36.8 Å². The Morgan fingerprint density at radius 1 is 0.968 bits per heavy atom. The van der Waals surface area contributed by atoms with E-state index in [1.54, 1.807) is 25.3 Å². The van der Waals surface area contributed by atoms with Crippen molar-refractivity contribution in [3.05, 3.63) is 89.2 Å². The molecule has 0 radical (unpaired) electrons. The lowest BCUT2D eigenvalue weighted by atomic mass is 10.1. The Morgan fingerprint density at radius 3 is 2.10 bits per heavy atom. The topological polar surface area (TPSA) is 87.3 Å². The number of alkyl halides is 3. The second kappa shape index (κ2) is 8.38. The Morgan fingerprint density at radius 2 is 1.58 bits per heavy atom. The number of H-pyrrole nitrogens is 1. The molecule has 31 heavy (non-hydrogen) atoms. The lowest BCUT2D eigenvalue weighted by Gasteiger charge is -2.23. The highest BCUT2D eigenvalue weighted by Gasteiger charge is 2.47. The molecule has 6 nitrogen and oxygen atoms in total. The number of carbonyl (C=O) groups is 2. The summed E-state index contributed by atoms with van der Waals surface area (Å²) in [4.78, 5) is 26.6. The molecule has 0 spiro atoms. The van der Waals surface area contributed by atoms with Crippen LogP contribution >= 0.6 is 0 Å². The summed E-state index contributed by atoms with van der Waals surface area (Å²) in [6.45, 7) is 0.844. The number of hydrogen-bond donors (Lipinski definition) is 1. The molecule has 3 rings (SSSR count). The maximum atomic E-state index is 13.1. The Hall–Kier alpha value is -3.40. The number of ketones is 1. The van der Waals surface area contributed by atoms with E-state index < -0.39 is 33.5 Å². The fraction of sp³-hybridized carbons (Fsp3) is 0.143. The molecule has 1 heterocycles. The minimum absolute atomic E-state index is 0.108. The van der Waals surface area contributed by atoms with E-state index in [0.717, 1.165) is 12.1 Å². The van der Waals surface area contributed by atoms with E-state index in [2.05, 4.69) is 4.98 Å². The van der Waals surface area contributed by atoms with Crippen molar-refractivity contribution in [1.29, 1.82) is 0 Å². The van der Waals surface area contributed by atoms with Crippen LogP contribution in [0.4, 0.5) is 13.2 Å². The number of benzene rings is 2. The minimum Gasteiger partial charge on any atom is -0.359 e. The number of rotatable bonds is 6. The quantitative estimate of drug-likeness (QED) is 0.578. The molecule has 0 saturated carbocycles. The molecule has 0 atom stereocenters. The van der Waals surface area contributed by atoms with Crippen molar-refractivity contribution >= 4 is 21.7 Å². The number of halogens is 3. The number of nitrogens with one attached hydrogen (secondary N) is 1. The Labute approximate surface area is 176 Å². The highest BCUT2D eigenvalue weighted by molar-refractivity contribution is 7.89. The molecular weight excluding hydrogens is 433 g/mol. The molecule has 2 aromatic carbocycles. The predicted molar refractivity (Wildman–Crippen MR) is 106 cm³/mol. The molecule has 0 aliphatic rings. The lowest BCUT2D eigenvalue weighted by molar-refractivity contribution is -0.180. The first kappa shape index (κ1) is 22.3. The number of sulfonamides is 1. The largest absolute Gasteiger partial charge is 0.472 e. The van der Waals surface area contributed by atoms with Crippen LogP contribution in [0, 0.1) is 6.92 Å². The van der Waals surface area contributed by atoms with Gasteiger partial charge in [0.05, 0.1) is 17.1 Å². The number of nitrogens with zero attached hydrogens (tertiary/aromatic N) is 1. The van der Waals surface area contributed by atoms with Gasteiger partial charge in [0.1, 0.15) is 0 Å². The minimum atomic E-state index is -5.39. The van der Waals surface area contributed by atoms with Crippen LogP contribution in [0.3, 0.4) is 0 Å². The van der Waals surface area contributed by atoms with Gasteiger partial charge in [0.2, 0.25) is 5.78 Å². The SMILES string of the molecule is Cc1ccc(S(=O)(=O)N(Cc2ccc(C(=O)c3ccc[nH]3)cc2)C(=O)C(F)(F)F)cc1. The van der Waals surface area contributed by atoms with E-state index in [0.29, 0.717) is 11.3 Å². The average Bonchev–Trinajstić information content (AvgIpc) is 3.26. The van der Waals surface area contributed by atoms with Crippen LogP contribution in [0.15, 0.2) is 71.8 Å². The molecule has 162 valence electrons. The zero-order valence-electron chi connectivity index (χ0n) is 16.2. The first-order valence-corrected chi connectivity index (χ1v) is 10.4. The summed E-state index contributed by atoms with van der Waals surface area (Å²) in [5.41, 5.74) is 1.39. The van der Waals surface area contributed by atoms with Crippen LogP contribution in [0.1, 0.15) is 27.2 Å². The number of carbonyl (C=O) groups excluding carboxylic acids is 2. The number of aromatic amines is 1. The summed E-state index contributed by atoms with van der Waals surface area (Å²) in [5.74, 6) is -2.84. The summed E-state index contributed by atoms with van der Waals surface area (Å²) in [5, 5.41) is 0. The van der Waals surface area contributed by atoms with E-state index in [-0.39, 0.29) is 21.2 Å². The van der Waals surface area contributed by atoms with Crippen molar-refractivity contribution in [2.75, 3.05) is 0 Å². The maximum absolute atomic E-state index is 13.1. The third-order valence-electron chi connectivity index (χ3n) is 4.46. The van der Waals surface area contributed by atoms with Crippen molar-refractivity contribution in [1.82, 2.24) is 9.29 Å². The average molecular weight is 450 g/mol. The van der Waals surface area contributed by atoms with Gasteiger partial charge in [-0.2, -0.15) is 13.2 Å². The van der Waals surface area contributed by atoms with Crippen molar-refractivity contribution in [3.8, 4) is 0 Å². The van der Waals surface area contributed by atoms with Crippen LogP contribution in [-0.4, -0.2) is 35.6 Å². The van der Waals surface area contributed by atoms with Crippen molar-refractivity contribution in [2.24, 2.45) is 0 Å². The Bertz CT molecular complexity index is 1180. The zero-order chi connectivity index (χ0) is 22.8. The molecule has 0 saturated heterocycles. The van der Waals surface area contributed by atoms with Gasteiger partial charge >= 0.3 is 12.1 Å². The molecule has 1 N–H and O–H groups in total. The van der Waals surface area contributed by atoms with Gasteiger partial charge in [-0.15, -0.1) is 0 Å². The highest BCUT2D eigenvalue weighted by Crippen LogP contribution is 2.26. The van der Waals surface area contributed by atoms with Crippen molar-refractivity contribution in [3.63, 3.8) is 0 Å². The summed E-state index contributed by atoms with van der Waals surface area (Å²) in [6.07, 6.45) is -3.82. The third-order valence-corrected chi connectivity index (χ3v) is 6.21. The van der Waals surface area contributed by atoms with Gasteiger partial charge in [-0.25, -0.2) is 12.7 Å². The Balaban J connectivity index is 1.93. The summed E-state index contributed by atoms with van der Waals surface area (Å²) >= 11 is 0. The smallest absolute Gasteiger partial charge is 0.359 e. The molecule has 1 aromatic heterocycles. The summed E-state index contributed by atoms with van der Waals surface area (Å²) in [7, 11) is -4.77. The first-order chi connectivity index (χ1) is 14.5. The number of aromatic nitrogens is 1. The van der Waals surface area contributed by atoms with E-state index >= 15 is 0 Å². The molecule has 1 amide bonds. The van der Waals surface area contributed by atoms with Gasteiger partial charge in [0.15, 0.2) is 0 Å². The van der Waals surface area contributed by atoms with Gasteiger partial charge in [-0.3, -0.25) is 9.59 Å². The summed E-state index contributed by atoms with van der Waals surface area (Å²) < 4.78 is 64.8. The van der Waals surface area contributed by atoms with Gasteiger partial charge in [0.25, 0.3) is 10.0 Å². The molecule has 0 fully saturated rings. The maximum Gasteiger partial charge on any atom is 0.472 e. The number of hydrogen-bond acceptors (Lipinski definition) is 4. The second-order valence-electron chi connectivity index (χ2n) is 6.74. The standard InChI is InChI=1S/C21H17F3N2O4S/c1-14-4-10-17(11-5-14)31(29,30)26(20(28)21(22,23)24)13-15-6-8-16(9-7-15)19(27)18-3-2-12-25-18/h2-12,25H,13H2,1H3. The van der Waals surface area contributed by atoms with Crippen LogP contribution < -0.4 is 0 Å². The molecule has 3 aromatic rings. The van der Waals surface area contributed by atoms with Gasteiger partial charge in [0, 0.05) is 11.8 Å². The normalized spacial score (nSPS) is 11.9. The Kier molecular flexibility index (Phi) is 6.03. The third kappa shape index (κ3) is 4.85. The molecule has 0 unspecified atom stereocenters. The summed E-state index contributed by atoms with van der Waals surface area (Å²) in [6, 6.07) is 13.6. The van der Waals surface area contributed by atoms with E-state index in [1.807, 2.05) is 0 Å². The van der Waals surface area contributed by atoms with Gasteiger partial charge in [-0.1, -0.05) is 42.0 Å². The molecule has 0 aliphatic carbocycles. The number of amides is 1. The number of aryl methyl sites for hydroxylation is 1. The van der Waals surface area contributed by atoms with Crippen LogP contribution in [0.5, 0.6) is 0 Å². The van der Waals surface area contributed by atoms with Crippen molar-refractivity contribution in [2.45, 2.75) is 24.5 Å². The predicted octanol–water partition coefficient (Wildman–Crippen LogP) is 3.83. The monoisotopic (exact) mass is 450 g/mol. The van der Waals surface area contributed by atoms with Crippen molar-refractivity contribution < 1.29 is 31.2 Å². The molecule has 0 aliphatic heterocycles. The molecular formula is C21H17F3N2O4S. The first-order valence-electron chi connectivity index (χ1n) is 8.98. The molecule has 10 heteroatoms. The zero-order valence-corrected chi connectivity index (χ0v) is 17.0. The van der Waals surface area contributed by atoms with Crippen LogP contribution in [0.25, 0.3) is 0 Å². The van der Waals surface area contributed by atoms with Crippen LogP contribution in [0.2, 0.25) is 0 Å². The second-order valence-corrected chi connectivity index (χ2v) is 8.60. The van der Waals surface area contributed by atoms with E-state index in [1.165, 1.54) is 36.4 Å². The fourth-order valence-electron chi connectivity index (χ4n) is 2.80. The highest BCUT2D eigenvalue weighted by atomic mass is 32.2. The van der Waals surface area contributed by atoms with E-state index in [9.17, 15) is 31.2 Å².